The predicted octanol–water partition coefficient (Wildman–Crippen LogP) is 5.05. The van der Waals surface area contributed by atoms with E-state index in [-0.39, 0.29) is 17.2 Å². The van der Waals surface area contributed by atoms with E-state index in [9.17, 15) is 10.1 Å². The van der Waals surface area contributed by atoms with Crippen molar-refractivity contribution < 1.29 is 9.21 Å². The number of rotatable bonds is 4. The molecule has 3 rings (SSSR count). The molecule has 0 fully saturated rings. The number of carbonyl (C=O) groups excluding carboxylic acids is 1. The third-order valence-corrected chi connectivity index (χ3v) is 4.58. The highest BCUT2D eigenvalue weighted by Crippen LogP contribution is 2.28. The fraction of sp³-hybridized carbons (Fsp3) is 0.158. The molecule has 26 heavy (non-hydrogen) atoms. The number of amides is 1. The third kappa shape index (κ3) is 3.34. The van der Waals surface area contributed by atoms with E-state index in [1.807, 2.05) is 12.1 Å². The molecule has 2 heterocycles. The zero-order chi connectivity index (χ0) is 18.8. The highest BCUT2D eigenvalue weighted by Gasteiger charge is 2.26. The lowest BCUT2D eigenvalue weighted by molar-refractivity contribution is 0.0938. The van der Waals surface area contributed by atoms with Gasteiger partial charge in [0, 0.05) is 22.4 Å². The lowest BCUT2D eigenvalue weighted by Gasteiger charge is -2.16. The molecule has 1 atom stereocenters. The van der Waals surface area contributed by atoms with Crippen LogP contribution in [0.25, 0.3) is 5.88 Å². The van der Waals surface area contributed by atoms with E-state index in [0.29, 0.717) is 21.7 Å². The Labute approximate surface area is 160 Å². The molecule has 7 heteroatoms. The summed E-state index contributed by atoms with van der Waals surface area (Å²) in [6.07, 6.45) is 3.49. The molecule has 0 saturated carbocycles. The molecule has 0 aliphatic rings. The van der Waals surface area contributed by atoms with Crippen LogP contribution in [-0.4, -0.2) is 10.5 Å². The summed E-state index contributed by atoms with van der Waals surface area (Å²) in [4.78, 5) is 12.8. The highest BCUT2D eigenvalue weighted by atomic mass is 35.5. The van der Waals surface area contributed by atoms with Crippen LogP contribution >= 0.6 is 23.2 Å². The Morgan fingerprint density at radius 1 is 1.31 bits per heavy atom. The molecule has 1 amide bonds. The first kappa shape index (κ1) is 18.1. The van der Waals surface area contributed by atoms with Gasteiger partial charge in [-0.15, -0.1) is 0 Å². The number of nitriles is 1. The number of carbonyl (C=O) groups is 1. The molecule has 0 radical (unpaired) electrons. The van der Waals surface area contributed by atoms with Gasteiger partial charge in [-0.05, 0) is 43.7 Å². The number of nitrogens with one attached hydrogen (secondary N) is 1. The minimum atomic E-state index is -0.403. The number of aryl methyl sites for hydroxylation is 1. The molecule has 1 aromatic carbocycles. The first-order valence-electron chi connectivity index (χ1n) is 7.85. The summed E-state index contributed by atoms with van der Waals surface area (Å²) in [7, 11) is 0. The predicted molar refractivity (Wildman–Crippen MR) is 99.8 cm³/mol. The second kappa shape index (κ2) is 7.28. The quantitative estimate of drug-likeness (QED) is 0.680. The normalized spacial score (nSPS) is 11.8. The smallest absolute Gasteiger partial charge is 0.256 e. The van der Waals surface area contributed by atoms with Crippen LogP contribution in [-0.2, 0) is 0 Å². The molecule has 0 spiro atoms. The molecule has 5 nitrogen and oxygen atoms in total. The Balaban J connectivity index is 1.92. The average molecular weight is 388 g/mol. The van der Waals surface area contributed by atoms with Crippen LogP contribution < -0.4 is 5.32 Å². The van der Waals surface area contributed by atoms with Gasteiger partial charge < -0.3 is 9.73 Å². The van der Waals surface area contributed by atoms with Crippen LogP contribution in [0, 0.1) is 18.3 Å². The van der Waals surface area contributed by atoms with Crippen LogP contribution in [0.4, 0.5) is 0 Å². The molecular formula is C19H15Cl2N3O2. The maximum absolute atomic E-state index is 12.8. The van der Waals surface area contributed by atoms with Crippen LogP contribution in [0.1, 0.15) is 40.2 Å². The van der Waals surface area contributed by atoms with Crippen molar-refractivity contribution in [2.75, 3.05) is 0 Å². The largest absolute Gasteiger partial charge is 0.443 e. The molecular weight excluding hydrogens is 373 g/mol. The maximum atomic E-state index is 12.8. The Bertz CT molecular complexity index is 1000. The van der Waals surface area contributed by atoms with Crippen molar-refractivity contribution in [3.8, 4) is 12.0 Å². The van der Waals surface area contributed by atoms with Crippen molar-refractivity contribution in [1.82, 2.24) is 9.88 Å². The number of benzene rings is 1. The summed E-state index contributed by atoms with van der Waals surface area (Å²) in [6.45, 7) is 3.46. The fourth-order valence-electron chi connectivity index (χ4n) is 2.76. The third-order valence-electron chi connectivity index (χ3n) is 4.02. The lowest BCUT2D eigenvalue weighted by atomic mass is 10.1. The van der Waals surface area contributed by atoms with Crippen LogP contribution in [0.5, 0.6) is 0 Å². The molecule has 2 aromatic heterocycles. The SMILES string of the molecule is Cc1oc(-n2cccc2)c(C#N)c1C(=O)NC(C)c1ccc(Cl)cc1Cl. The minimum Gasteiger partial charge on any atom is -0.443 e. The number of hydrogen-bond donors (Lipinski definition) is 1. The van der Waals surface area contributed by atoms with Gasteiger partial charge in [-0.3, -0.25) is 9.36 Å². The van der Waals surface area contributed by atoms with Gasteiger partial charge in [0.1, 0.15) is 23.0 Å². The Hall–Kier alpha value is -2.68. The molecule has 3 aromatic rings. The van der Waals surface area contributed by atoms with Gasteiger partial charge in [0.25, 0.3) is 5.91 Å². The van der Waals surface area contributed by atoms with Crippen molar-refractivity contribution in [1.29, 1.82) is 5.26 Å². The van der Waals surface area contributed by atoms with Crippen molar-refractivity contribution in [3.05, 3.63) is 75.2 Å². The number of hydrogen-bond acceptors (Lipinski definition) is 3. The number of aromatic nitrogens is 1. The van der Waals surface area contributed by atoms with Gasteiger partial charge in [0.15, 0.2) is 0 Å². The maximum Gasteiger partial charge on any atom is 0.256 e. The summed E-state index contributed by atoms with van der Waals surface area (Å²) in [6, 6.07) is 10.4. The summed E-state index contributed by atoms with van der Waals surface area (Å²) in [5.74, 6) is 0.286. The van der Waals surface area contributed by atoms with E-state index < -0.39 is 5.91 Å². The van der Waals surface area contributed by atoms with E-state index in [2.05, 4.69) is 11.4 Å². The molecule has 0 aliphatic carbocycles. The van der Waals surface area contributed by atoms with Crippen molar-refractivity contribution in [2.24, 2.45) is 0 Å². The second-order valence-electron chi connectivity index (χ2n) is 5.78. The number of furan rings is 1. The monoisotopic (exact) mass is 387 g/mol. The van der Waals surface area contributed by atoms with E-state index in [4.69, 9.17) is 27.6 Å². The fourth-order valence-corrected chi connectivity index (χ4v) is 3.33. The van der Waals surface area contributed by atoms with Gasteiger partial charge in [-0.1, -0.05) is 29.3 Å². The summed E-state index contributed by atoms with van der Waals surface area (Å²) in [5, 5.41) is 13.4. The van der Waals surface area contributed by atoms with Gasteiger partial charge in [0.05, 0.1) is 6.04 Å². The number of halogens is 2. The van der Waals surface area contributed by atoms with Gasteiger partial charge in [-0.2, -0.15) is 5.26 Å². The minimum absolute atomic E-state index is 0.186. The number of nitrogens with zero attached hydrogens (tertiary/aromatic N) is 2. The highest BCUT2D eigenvalue weighted by molar-refractivity contribution is 6.35. The Morgan fingerprint density at radius 2 is 2.00 bits per heavy atom. The molecule has 0 bridgehead atoms. The van der Waals surface area contributed by atoms with Crippen LogP contribution in [0.3, 0.4) is 0 Å². The van der Waals surface area contributed by atoms with Crippen LogP contribution in [0.15, 0.2) is 47.1 Å². The molecule has 132 valence electrons. The Morgan fingerprint density at radius 3 is 2.62 bits per heavy atom. The summed E-state index contributed by atoms with van der Waals surface area (Å²) < 4.78 is 7.32. The summed E-state index contributed by atoms with van der Waals surface area (Å²) in [5.41, 5.74) is 1.13. The van der Waals surface area contributed by atoms with E-state index in [1.165, 1.54) is 0 Å². The molecule has 0 aliphatic heterocycles. The van der Waals surface area contributed by atoms with Crippen LogP contribution in [0.2, 0.25) is 10.0 Å². The van der Waals surface area contributed by atoms with Gasteiger partial charge >= 0.3 is 0 Å². The molecule has 1 N–H and O–H groups in total. The van der Waals surface area contributed by atoms with Crippen molar-refractivity contribution in [2.45, 2.75) is 19.9 Å². The van der Waals surface area contributed by atoms with Gasteiger partial charge in [-0.25, -0.2) is 0 Å². The van der Waals surface area contributed by atoms with Crippen molar-refractivity contribution >= 4 is 29.1 Å². The standard InChI is InChI=1S/C19H15Cl2N3O2/c1-11(14-6-5-13(20)9-16(14)21)23-18(25)17-12(2)26-19(15(17)10-22)24-7-3-4-8-24/h3-9,11H,1-2H3,(H,23,25). The Kier molecular flexibility index (Phi) is 5.08. The van der Waals surface area contributed by atoms with E-state index in [1.54, 1.807) is 49.0 Å². The zero-order valence-electron chi connectivity index (χ0n) is 14.1. The lowest BCUT2D eigenvalue weighted by Crippen LogP contribution is -2.27. The second-order valence-corrected chi connectivity index (χ2v) is 6.62. The zero-order valence-corrected chi connectivity index (χ0v) is 15.6. The van der Waals surface area contributed by atoms with E-state index >= 15 is 0 Å². The summed E-state index contributed by atoms with van der Waals surface area (Å²) >= 11 is 12.1. The van der Waals surface area contributed by atoms with E-state index in [0.717, 1.165) is 5.56 Å². The average Bonchev–Trinajstić information content (AvgIpc) is 3.21. The first-order valence-corrected chi connectivity index (χ1v) is 8.60. The van der Waals surface area contributed by atoms with Crippen molar-refractivity contribution in [3.63, 3.8) is 0 Å². The topological polar surface area (TPSA) is 71.0 Å². The first-order chi connectivity index (χ1) is 12.4. The van der Waals surface area contributed by atoms with Gasteiger partial charge in [0.2, 0.25) is 5.88 Å². The molecule has 1 unspecified atom stereocenters. The molecule has 0 saturated heterocycles.